The number of ether oxygens (including phenoxy) is 2. The summed E-state index contributed by atoms with van der Waals surface area (Å²) in [5, 5.41) is 0. The zero-order valence-corrected chi connectivity index (χ0v) is 12.8. The van der Waals surface area contributed by atoms with E-state index in [0.717, 1.165) is 12.1 Å². The van der Waals surface area contributed by atoms with Crippen LogP contribution in [0.2, 0.25) is 0 Å². The van der Waals surface area contributed by atoms with E-state index < -0.39 is 0 Å². The average molecular weight is 297 g/mol. The summed E-state index contributed by atoms with van der Waals surface area (Å²) in [5.74, 6) is 1.32. The van der Waals surface area contributed by atoms with Crippen molar-refractivity contribution in [1.82, 2.24) is 0 Å². The van der Waals surface area contributed by atoms with Gasteiger partial charge in [0.25, 0.3) is 5.91 Å². The summed E-state index contributed by atoms with van der Waals surface area (Å²) in [4.78, 5) is 14.3. The molecule has 0 N–H and O–H groups in total. The molecule has 0 saturated carbocycles. The zero-order chi connectivity index (χ0) is 15.5. The standard InChI is InChI=1S/C18H19NO3/c1-13-10-14-6-3-4-9-17(14)19(13)18(20)12-22-16-8-5-7-15(11-16)21-2/h3-9,11,13H,10,12H2,1-2H3. The van der Waals surface area contributed by atoms with Gasteiger partial charge in [-0.2, -0.15) is 0 Å². The van der Waals surface area contributed by atoms with E-state index in [1.54, 1.807) is 13.2 Å². The van der Waals surface area contributed by atoms with Crippen LogP contribution in [0.1, 0.15) is 12.5 Å². The van der Waals surface area contributed by atoms with E-state index in [4.69, 9.17) is 9.47 Å². The molecule has 4 nitrogen and oxygen atoms in total. The van der Waals surface area contributed by atoms with Gasteiger partial charge >= 0.3 is 0 Å². The Balaban J connectivity index is 1.70. The van der Waals surface area contributed by atoms with Crippen molar-refractivity contribution in [3.05, 3.63) is 54.1 Å². The fraction of sp³-hybridized carbons (Fsp3) is 0.278. The van der Waals surface area contributed by atoms with Crippen LogP contribution in [0.4, 0.5) is 5.69 Å². The van der Waals surface area contributed by atoms with Crippen LogP contribution in [-0.4, -0.2) is 25.7 Å². The minimum Gasteiger partial charge on any atom is -0.497 e. The number of hydrogen-bond acceptors (Lipinski definition) is 3. The fourth-order valence-corrected chi connectivity index (χ4v) is 2.85. The predicted octanol–water partition coefficient (Wildman–Crippen LogP) is 3.05. The van der Waals surface area contributed by atoms with Crippen LogP contribution in [0.5, 0.6) is 11.5 Å². The molecule has 22 heavy (non-hydrogen) atoms. The molecule has 0 bridgehead atoms. The van der Waals surface area contributed by atoms with E-state index >= 15 is 0 Å². The zero-order valence-electron chi connectivity index (χ0n) is 12.8. The third-order valence-electron chi connectivity index (χ3n) is 3.88. The van der Waals surface area contributed by atoms with Crippen LogP contribution < -0.4 is 14.4 Å². The van der Waals surface area contributed by atoms with Crippen molar-refractivity contribution in [3.63, 3.8) is 0 Å². The molecule has 0 aromatic heterocycles. The van der Waals surface area contributed by atoms with Crippen LogP contribution in [-0.2, 0) is 11.2 Å². The molecule has 4 heteroatoms. The summed E-state index contributed by atoms with van der Waals surface area (Å²) in [7, 11) is 1.60. The Labute approximate surface area is 130 Å². The molecule has 0 aliphatic carbocycles. The number of rotatable bonds is 4. The van der Waals surface area contributed by atoms with Crippen LogP contribution >= 0.6 is 0 Å². The predicted molar refractivity (Wildman–Crippen MR) is 85.6 cm³/mol. The van der Waals surface area contributed by atoms with Crippen molar-refractivity contribution in [2.75, 3.05) is 18.6 Å². The van der Waals surface area contributed by atoms with Crippen molar-refractivity contribution in [2.45, 2.75) is 19.4 Å². The molecule has 1 atom stereocenters. The molecule has 2 aromatic carbocycles. The molecule has 1 amide bonds. The van der Waals surface area contributed by atoms with Gasteiger partial charge in [-0.15, -0.1) is 0 Å². The minimum atomic E-state index is -0.0275. The SMILES string of the molecule is COc1cccc(OCC(=O)N2c3ccccc3CC2C)c1. The summed E-state index contributed by atoms with van der Waals surface area (Å²) in [5.41, 5.74) is 2.21. The molecule has 1 aliphatic rings. The van der Waals surface area contributed by atoms with Gasteiger partial charge in [0.2, 0.25) is 0 Å². The number of carbonyl (C=O) groups is 1. The molecule has 0 saturated heterocycles. The van der Waals surface area contributed by atoms with Crippen LogP contribution in [0.3, 0.4) is 0 Å². The first kappa shape index (κ1) is 14.4. The number of carbonyl (C=O) groups excluding carboxylic acids is 1. The third kappa shape index (κ3) is 2.77. The maximum atomic E-state index is 12.5. The quantitative estimate of drug-likeness (QED) is 0.870. The molecular weight excluding hydrogens is 278 g/mol. The monoisotopic (exact) mass is 297 g/mol. The Morgan fingerprint density at radius 1 is 1.18 bits per heavy atom. The van der Waals surface area contributed by atoms with Crippen LogP contribution in [0, 0.1) is 0 Å². The molecule has 0 fully saturated rings. The first-order chi connectivity index (χ1) is 10.7. The van der Waals surface area contributed by atoms with Crippen molar-refractivity contribution in [3.8, 4) is 11.5 Å². The smallest absolute Gasteiger partial charge is 0.265 e. The molecular formula is C18H19NO3. The number of fused-ring (bicyclic) bond motifs is 1. The van der Waals surface area contributed by atoms with Gasteiger partial charge in [0, 0.05) is 17.8 Å². The number of methoxy groups -OCH3 is 1. The lowest BCUT2D eigenvalue weighted by molar-refractivity contribution is -0.120. The summed E-state index contributed by atoms with van der Waals surface area (Å²) in [6.07, 6.45) is 0.890. The lowest BCUT2D eigenvalue weighted by atomic mass is 10.1. The second-order valence-electron chi connectivity index (χ2n) is 5.41. The number of anilines is 1. The lowest BCUT2D eigenvalue weighted by Crippen LogP contribution is -2.39. The fourth-order valence-electron chi connectivity index (χ4n) is 2.85. The number of hydrogen-bond donors (Lipinski definition) is 0. The Hall–Kier alpha value is -2.49. The highest BCUT2D eigenvalue weighted by Crippen LogP contribution is 2.31. The Morgan fingerprint density at radius 2 is 1.95 bits per heavy atom. The van der Waals surface area contributed by atoms with Gasteiger partial charge in [0.15, 0.2) is 6.61 Å². The van der Waals surface area contributed by atoms with Gasteiger partial charge < -0.3 is 14.4 Å². The Bertz CT molecular complexity index is 684. The Kier molecular flexibility index (Phi) is 4.00. The van der Waals surface area contributed by atoms with Gasteiger partial charge in [-0.05, 0) is 37.1 Å². The second kappa shape index (κ2) is 6.10. The van der Waals surface area contributed by atoms with Crippen LogP contribution in [0.25, 0.3) is 0 Å². The summed E-state index contributed by atoms with van der Waals surface area (Å²) in [6.45, 7) is 2.08. The number of benzene rings is 2. The topological polar surface area (TPSA) is 38.8 Å². The third-order valence-corrected chi connectivity index (χ3v) is 3.88. The van der Waals surface area contributed by atoms with E-state index in [2.05, 4.69) is 13.0 Å². The van der Waals surface area contributed by atoms with E-state index in [9.17, 15) is 4.79 Å². The van der Waals surface area contributed by atoms with Gasteiger partial charge in [-0.1, -0.05) is 24.3 Å². The number of amides is 1. The molecule has 114 valence electrons. The van der Waals surface area contributed by atoms with Crippen molar-refractivity contribution < 1.29 is 14.3 Å². The first-order valence-electron chi connectivity index (χ1n) is 7.36. The number of para-hydroxylation sites is 1. The summed E-state index contributed by atoms with van der Waals surface area (Å²) < 4.78 is 10.8. The maximum Gasteiger partial charge on any atom is 0.265 e. The van der Waals surface area contributed by atoms with Gasteiger partial charge in [0.05, 0.1) is 7.11 Å². The van der Waals surface area contributed by atoms with Crippen molar-refractivity contribution in [1.29, 1.82) is 0 Å². The molecule has 2 aromatic rings. The molecule has 3 rings (SSSR count). The van der Waals surface area contributed by atoms with E-state index in [1.165, 1.54) is 5.56 Å². The average Bonchev–Trinajstić information content (AvgIpc) is 2.88. The maximum absolute atomic E-state index is 12.5. The molecule has 0 spiro atoms. The first-order valence-corrected chi connectivity index (χ1v) is 7.36. The second-order valence-corrected chi connectivity index (χ2v) is 5.41. The van der Waals surface area contributed by atoms with Gasteiger partial charge in [-0.3, -0.25) is 4.79 Å². The van der Waals surface area contributed by atoms with Gasteiger partial charge in [-0.25, -0.2) is 0 Å². The van der Waals surface area contributed by atoms with Gasteiger partial charge in [0.1, 0.15) is 11.5 Å². The minimum absolute atomic E-state index is 0.0197. The highest BCUT2D eigenvalue weighted by atomic mass is 16.5. The van der Waals surface area contributed by atoms with E-state index in [1.807, 2.05) is 41.3 Å². The summed E-state index contributed by atoms with van der Waals surface area (Å²) in [6, 6.07) is 15.5. The van der Waals surface area contributed by atoms with E-state index in [-0.39, 0.29) is 18.6 Å². The number of nitrogens with zero attached hydrogens (tertiary/aromatic N) is 1. The summed E-state index contributed by atoms with van der Waals surface area (Å²) >= 11 is 0. The molecule has 1 heterocycles. The van der Waals surface area contributed by atoms with E-state index in [0.29, 0.717) is 11.5 Å². The Morgan fingerprint density at radius 3 is 2.77 bits per heavy atom. The molecule has 1 aliphatic heterocycles. The largest absolute Gasteiger partial charge is 0.497 e. The van der Waals surface area contributed by atoms with Crippen molar-refractivity contribution >= 4 is 11.6 Å². The van der Waals surface area contributed by atoms with Crippen LogP contribution in [0.15, 0.2) is 48.5 Å². The highest BCUT2D eigenvalue weighted by molar-refractivity contribution is 5.97. The molecule has 1 unspecified atom stereocenters. The van der Waals surface area contributed by atoms with Crippen molar-refractivity contribution in [2.24, 2.45) is 0 Å². The highest BCUT2D eigenvalue weighted by Gasteiger charge is 2.30. The normalized spacial score (nSPS) is 16.3. The lowest BCUT2D eigenvalue weighted by Gasteiger charge is -2.22. The molecule has 0 radical (unpaired) electrons.